The quantitative estimate of drug-likeness (QED) is 0.914. The molecule has 6 heteroatoms. The summed E-state index contributed by atoms with van der Waals surface area (Å²) in [5.74, 6) is -3.02. The van der Waals surface area contributed by atoms with Crippen LogP contribution in [0.25, 0.3) is 11.3 Å². The van der Waals surface area contributed by atoms with Gasteiger partial charge in [0.15, 0.2) is 12.2 Å². The van der Waals surface area contributed by atoms with Crippen molar-refractivity contribution in [1.29, 1.82) is 0 Å². The molecule has 0 radical (unpaired) electrons. The molecule has 0 saturated heterocycles. The first-order valence-corrected chi connectivity index (χ1v) is 5.41. The number of nitrogens with zero attached hydrogens (tertiary/aromatic N) is 1. The van der Waals surface area contributed by atoms with E-state index in [0.29, 0.717) is 30.9 Å². The summed E-state index contributed by atoms with van der Waals surface area (Å²) in [6.45, 7) is 2.89. The van der Waals surface area contributed by atoms with Gasteiger partial charge in [-0.05, 0) is 6.54 Å². The van der Waals surface area contributed by atoms with Gasteiger partial charge in [-0.25, -0.2) is 18.2 Å². The van der Waals surface area contributed by atoms with Crippen molar-refractivity contribution in [3.05, 3.63) is 41.7 Å². The van der Waals surface area contributed by atoms with E-state index in [9.17, 15) is 13.2 Å². The Labute approximate surface area is 102 Å². The number of rotatable bonds is 4. The van der Waals surface area contributed by atoms with Gasteiger partial charge in [0.25, 0.3) is 0 Å². The molecule has 0 spiro atoms. The lowest BCUT2D eigenvalue weighted by atomic mass is 10.1. The zero-order valence-corrected chi connectivity index (χ0v) is 9.64. The monoisotopic (exact) mass is 256 g/mol. The second-order valence-corrected chi connectivity index (χ2v) is 3.65. The Morgan fingerprint density at radius 3 is 2.50 bits per heavy atom. The summed E-state index contributed by atoms with van der Waals surface area (Å²) in [6, 6.07) is 1.22. The molecule has 2 aromatic rings. The lowest BCUT2D eigenvalue weighted by Gasteiger charge is -2.05. The molecule has 3 nitrogen and oxygen atoms in total. The predicted octanol–water partition coefficient (Wildman–Crippen LogP) is 2.87. The molecule has 0 unspecified atom stereocenters. The molecule has 1 N–H and O–H groups in total. The smallest absolute Gasteiger partial charge is 0.181 e. The lowest BCUT2D eigenvalue weighted by molar-refractivity contribution is 0.525. The van der Waals surface area contributed by atoms with E-state index in [4.69, 9.17) is 4.42 Å². The van der Waals surface area contributed by atoms with Gasteiger partial charge in [0.2, 0.25) is 0 Å². The minimum absolute atomic E-state index is 0.0223. The fourth-order valence-electron chi connectivity index (χ4n) is 1.60. The highest BCUT2D eigenvalue weighted by atomic mass is 19.1. The topological polar surface area (TPSA) is 38.1 Å². The molecular formula is C12H11F3N2O. The fraction of sp³-hybridized carbons (Fsp3) is 0.250. The number of nitrogens with one attached hydrogen (secondary N) is 1. The van der Waals surface area contributed by atoms with E-state index < -0.39 is 23.0 Å². The van der Waals surface area contributed by atoms with Gasteiger partial charge in [0, 0.05) is 18.7 Å². The zero-order valence-electron chi connectivity index (χ0n) is 9.64. The van der Waals surface area contributed by atoms with Crippen molar-refractivity contribution in [1.82, 2.24) is 10.3 Å². The lowest BCUT2D eigenvalue weighted by Crippen LogP contribution is -2.12. The van der Waals surface area contributed by atoms with Crippen molar-refractivity contribution >= 4 is 0 Å². The van der Waals surface area contributed by atoms with Gasteiger partial charge in [0.05, 0.1) is 5.56 Å². The molecule has 0 bridgehead atoms. The molecule has 0 amide bonds. The van der Waals surface area contributed by atoms with Crippen molar-refractivity contribution in [3.8, 4) is 11.3 Å². The van der Waals surface area contributed by atoms with Crippen LogP contribution in [-0.4, -0.2) is 11.5 Å². The summed E-state index contributed by atoms with van der Waals surface area (Å²) in [5.41, 5.74) is -0.0249. The first-order chi connectivity index (χ1) is 8.63. The predicted molar refractivity (Wildman–Crippen MR) is 59.2 cm³/mol. The number of hydrogen-bond acceptors (Lipinski definition) is 3. The minimum atomic E-state index is -1.01. The number of halogens is 3. The van der Waals surface area contributed by atoms with Gasteiger partial charge < -0.3 is 9.73 Å². The Morgan fingerprint density at radius 2 is 1.89 bits per heavy atom. The molecule has 0 saturated carbocycles. The number of aromatic nitrogens is 1. The van der Waals surface area contributed by atoms with Crippen LogP contribution in [0.2, 0.25) is 0 Å². The second-order valence-electron chi connectivity index (χ2n) is 3.65. The third kappa shape index (κ3) is 2.38. The van der Waals surface area contributed by atoms with Crippen molar-refractivity contribution in [3.63, 3.8) is 0 Å². The highest BCUT2D eigenvalue weighted by Gasteiger charge is 2.20. The largest absolute Gasteiger partial charge is 0.443 e. The van der Waals surface area contributed by atoms with Crippen LogP contribution in [0.3, 0.4) is 0 Å². The Hall–Kier alpha value is -1.82. The molecule has 0 atom stereocenters. The van der Waals surface area contributed by atoms with E-state index in [1.807, 2.05) is 6.92 Å². The Bertz CT molecular complexity index is 531. The summed E-state index contributed by atoms with van der Waals surface area (Å²) < 4.78 is 45.0. The van der Waals surface area contributed by atoms with E-state index in [2.05, 4.69) is 10.3 Å². The third-order valence-electron chi connectivity index (χ3n) is 2.42. The Kier molecular flexibility index (Phi) is 3.66. The van der Waals surface area contributed by atoms with E-state index >= 15 is 0 Å². The normalized spacial score (nSPS) is 10.9. The van der Waals surface area contributed by atoms with E-state index in [1.54, 1.807) is 0 Å². The van der Waals surface area contributed by atoms with Crippen molar-refractivity contribution in [2.24, 2.45) is 0 Å². The summed E-state index contributed by atoms with van der Waals surface area (Å²) in [7, 11) is 0. The SMILES string of the molecule is CCNCc1ncoc1-c1c(F)cc(F)cc1F. The van der Waals surface area contributed by atoms with E-state index in [1.165, 1.54) is 0 Å². The van der Waals surface area contributed by atoms with Crippen LogP contribution in [0, 0.1) is 17.5 Å². The summed E-state index contributed by atoms with van der Waals surface area (Å²) in [4.78, 5) is 3.88. The molecule has 18 heavy (non-hydrogen) atoms. The first-order valence-electron chi connectivity index (χ1n) is 5.41. The van der Waals surface area contributed by atoms with Gasteiger partial charge in [-0.1, -0.05) is 6.92 Å². The van der Waals surface area contributed by atoms with Crippen molar-refractivity contribution in [2.75, 3.05) is 6.54 Å². The molecule has 0 aliphatic carbocycles. The van der Waals surface area contributed by atoms with Crippen LogP contribution in [0.5, 0.6) is 0 Å². The highest BCUT2D eigenvalue weighted by molar-refractivity contribution is 5.61. The molecular weight excluding hydrogens is 245 g/mol. The molecule has 2 rings (SSSR count). The Morgan fingerprint density at radius 1 is 1.22 bits per heavy atom. The molecule has 0 aliphatic heterocycles. The van der Waals surface area contributed by atoms with E-state index in [-0.39, 0.29) is 5.76 Å². The van der Waals surface area contributed by atoms with Gasteiger partial charge in [-0.2, -0.15) is 0 Å². The van der Waals surface area contributed by atoms with Gasteiger partial charge in [0.1, 0.15) is 23.1 Å². The second kappa shape index (κ2) is 5.22. The van der Waals surface area contributed by atoms with Crippen LogP contribution in [0.15, 0.2) is 22.9 Å². The highest BCUT2D eigenvalue weighted by Crippen LogP contribution is 2.29. The first kappa shape index (κ1) is 12.6. The maximum Gasteiger partial charge on any atom is 0.181 e. The molecule has 1 aromatic heterocycles. The zero-order chi connectivity index (χ0) is 13.1. The van der Waals surface area contributed by atoms with Crippen molar-refractivity contribution < 1.29 is 17.6 Å². The number of oxazole rings is 1. The standard InChI is InChI=1S/C12H11F3N2O/c1-2-16-5-10-12(18-6-17-10)11-8(14)3-7(13)4-9(11)15/h3-4,6,16H,2,5H2,1H3. The van der Waals surface area contributed by atoms with E-state index in [0.717, 1.165) is 6.39 Å². The number of benzene rings is 1. The maximum absolute atomic E-state index is 13.6. The maximum atomic E-state index is 13.6. The average molecular weight is 256 g/mol. The molecule has 0 fully saturated rings. The molecule has 1 aromatic carbocycles. The van der Waals surface area contributed by atoms with Crippen LogP contribution in [-0.2, 0) is 6.54 Å². The van der Waals surface area contributed by atoms with Crippen LogP contribution in [0.1, 0.15) is 12.6 Å². The summed E-state index contributed by atoms with van der Waals surface area (Å²) in [5, 5.41) is 2.97. The van der Waals surface area contributed by atoms with Gasteiger partial charge in [-0.3, -0.25) is 0 Å². The summed E-state index contributed by atoms with van der Waals surface area (Å²) in [6.07, 6.45) is 1.10. The third-order valence-corrected chi connectivity index (χ3v) is 2.42. The molecule has 96 valence electrons. The van der Waals surface area contributed by atoms with Crippen molar-refractivity contribution in [2.45, 2.75) is 13.5 Å². The summed E-state index contributed by atoms with van der Waals surface area (Å²) >= 11 is 0. The minimum Gasteiger partial charge on any atom is -0.443 e. The van der Waals surface area contributed by atoms with Gasteiger partial charge >= 0.3 is 0 Å². The average Bonchev–Trinajstić information content (AvgIpc) is 2.73. The van der Waals surface area contributed by atoms with Crippen LogP contribution < -0.4 is 5.32 Å². The molecule has 0 aliphatic rings. The van der Waals surface area contributed by atoms with Crippen LogP contribution >= 0.6 is 0 Å². The molecule has 1 heterocycles. The number of hydrogen-bond donors (Lipinski definition) is 1. The van der Waals surface area contributed by atoms with Crippen LogP contribution in [0.4, 0.5) is 13.2 Å². The van der Waals surface area contributed by atoms with Gasteiger partial charge in [-0.15, -0.1) is 0 Å². The fourth-order valence-corrected chi connectivity index (χ4v) is 1.60. The Balaban J connectivity index is 2.46.